The van der Waals surface area contributed by atoms with Crippen LogP contribution in [0.2, 0.25) is 0 Å². The van der Waals surface area contributed by atoms with E-state index in [2.05, 4.69) is 29.9 Å². The fourth-order valence-corrected chi connectivity index (χ4v) is 9.02. The average molecular weight is 1140 g/mol. The standard InChI is InChI=1S/C54H16F20N6O/c55-34-30(35(56)43(64)50(71)42(34)63)26-16-3-1-14(75-16)13-15-2-4-17(76-15)27(31-36(57)44(65)51(72)45(66)37(31)58)19-6-8-21(78-19)29(33-40(61)48(69)53(74)49(70)41(33)62)23-10-12-25(80-23)54(81)24-11-9-22(79-24)28(20-7-5-18(26)77-20)32-38(59)46(67)52(73)47(68)39(32)60/h1-13,77-78,81H. The van der Waals surface area contributed by atoms with Gasteiger partial charge in [-0.15, -0.1) is 0 Å². The smallest absolute Gasteiger partial charge is 0.200 e. The molecule has 0 aliphatic carbocycles. The Bertz CT molecular complexity index is 4160. The highest BCUT2D eigenvalue weighted by Crippen LogP contribution is 2.44. The number of rotatable bonds is 4. The molecule has 0 fully saturated rings. The van der Waals surface area contributed by atoms with Gasteiger partial charge in [0.1, 0.15) is 11.4 Å². The molecule has 0 saturated heterocycles. The van der Waals surface area contributed by atoms with Gasteiger partial charge >= 0.3 is 0 Å². The summed E-state index contributed by atoms with van der Waals surface area (Å²) in [4.78, 5) is 21.1. The first-order chi connectivity index (χ1) is 38.4. The predicted molar refractivity (Wildman–Crippen MR) is 250 cm³/mol. The molecule has 7 nitrogen and oxygen atoms in total. The Morgan fingerprint density at radius 3 is 0.679 bits per heavy atom. The highest BCUT2D eigenvalue weighted by molar-refractivity contribution is 5.98. The minimum atomic E-state index is -2.66. The summed E-state index contributed by atoms with van der Waals surface area (Å²) in [5, 5.41) is 11.6. The van der Waals surface area contributed by atoms with Crippen molar-refractivity contribution in [2.45, 2.75) is 0 Å². The Morgan fingerprint density at radius 1 is 0.235 bits per heavy atom. The number of aromatic amines is 2. The van der Waals surface area contributed by atoms with E-state index in [1.807, 2.05) is 0 Å². The molecule has 408 valence electrons. The lowest BCUT2D eigenvalue weighted by Gasteiger charge is -2.11. The van der Waals surface area contributed by atoms with E-state index in [9.17, 15) is 22.7 Å². The van der Waals surface area contributed by atoms with Crippen molar-refractivity contribution in [2.24, 2.45) is 0 Å². The minimum absolute atomic E-state index is 0.376. The van der Waals surface area contributed by atoms with Gasteiger partial charge in [0.25, 0.3) is 0 Å². The van der Waals surface area contributed by atoms with Crippen LogP contribution in [0.1, 0.15) is 45.6 Å². The molecule has 81 heavy (non-hydrogen) atoms. The number of nitrogens with zero attached hydrogens (tertiary/aromatic N) is 4. The number of halogens is 20. The van der Waals surface area contributed by atoms with Gasteiger partial charge in [-0.25, -0.2) is 108 Å². The lowest BCUT2D eigenvalue weighted by molar-refractivity contribution is 0.381. The zero-order chi connectivity index (χ0) is 58.1. The lowest BCUT2D eigenvalue weighted by atomic mass is 10.0. The molecule has 12 bridgehead atoms. The molecule has 0 spiro atoms. The van der Waals surface area contributed by atoms with Crippen LogP contribution in [0.3, 0.4) is 0 Å². The molecule has 7 heterocycles. The maximum absolute atomic E-state index is 15.9. The molecule has 3 aromatic heterocycles. The molecular formula is C54H16F20N6O. The van der Waals surface area contributed by atoms with Crippen LogP contribution in [-0.2, 0) is 0 Å². The van der Waals surface area contributed by atoms with Crippen molar-refractivity contribution >= 4 is 70.7 Å². The SMILES string of the molecule is Oc1c2nc(c(-c3c(F)c(F)c(F)c(F)c3F)c3ccc([nH]3)c(-c3c(F)c(F)c(F)c(F)c3F)c3nc(cc4nc(c(-c5c(F)c(F)c(F)c(F)c5F)c5ccc([nH]5)c(-c5c(F)c(F)c(F)c(F)c5F)c5nc1C=C5)C=C4)C=C3)C=C2. The summed E-state index contributed by atoms with van der Waals surface area (Å²) in [5.41, 5.74) is -19.9. The Kier molecular flexibility index (Phi) is 12.6. The van der Waals surface area contributed by atoms with Crippen LogP contribution in [-0.4, -0.2) is 35.0 Å². The number of benzene rings is 4. The van der Waals surface area contributed by atoms with Crippen molar-refractivity contribution in [3.05, 3.63) is 192 Å². The second-order valence-electron chi connectivity index (χ2n) is 17.3. The van der Waals surface area contributed by atoms with Gasteiger partial charge in [0.05, 0.1) is 56.4 Å². The molecule has 0 amide bonds. The van der Waals surface area contributed by atoms with E-state index >= 15 is 70.2 Å². The van der Waals surface area contributed by atoms with E-state index in [0.717, 1.165) is 78.9 Å². The number of hydrogen-bond acceptors (Lipinski definition) is 5. The summed E-state index contributed by atoms with van der Waals surface area (Å²) in [7, 11) is 0. The third-order valence-electron chi connectivity index (χ3n) is 12.7. The highest BCUT2D eigenvalue weighted by Gasteiger charge is 2.35. The van der Waals surface area contributed by atoms with Gasteiger partial charge in [0, 0.05) is 44.3 Å². The Hall–Kier alpha value is -9.82. The van der Waals surface area contributed by atoms with E-state index in [0.29, 0.717) is 0 Å². The van der Waals surface area contributed by atoms with E-state index in [4.69, 9.17) is 0 Å². The van der Waals surface area contributed by atoms with Gasteiger partial charge in [-0.3, -0.25) is 0 Å². The van der Waals surface area contributed by atoms with Gasteiger partial charge in [0.2, 0.25) is 23.3 Å². The van der Waals surface area contributed by atoms with Crippen LogP contribution < -0.4 is 0 Å². The number of fused-ring (bicyclic) bond motifs is 12. The summed E-state index contributed by atoms with van der Waals surface area (Å²) in [6.07, 6.45) is 6.92. The molecule has 4 aliphatic heterocycles. The van der Waals surface area contributed by atoms with Crippen molar-refractivity contribution < 1.29 is 92.9 Å². The first-order valence-electron chi connectivity index (χ1n) is 22.3. The van der Waals surface area contributed by atoms with Crippen molar-refractivity contribution in [1.82, 2.24) is 29.9 Å². The summed E-state index contributed by atoms with van der Waals surface area (Å²) in [5.74, 6) is -52.0. The molecule has 4 aromatic carbocycles. The topological polar surface area (TPSA) is 103 Å². The molecule has 7 aromatic rings. The monoisotopic (exact) mass is 1140 g/mol. The maximum Gasteiger partial charge on any atom is 0.200 e. The van der Waals surface area contributed by atoms with E-state index < -0.39 is 223 Å². The number of nitrogens with one attached hydrogen (secondary N) is 2. The third-order valence-corrected chi connectivity index (χ3v) is 12.7. The van der Waals surface area contributed by atoms with Gasteiger partial charge in [-0.1, -0.05) is 0 Å². The first kappa shape index (κ1) is 53.2. The zero-order valence-electron chi connectivity index (χ0n) is 38.8. The van der Waals surface area contributed by atoms with Crippen LogP contribution in [0.15, 0.2) is 30.3 Å². The van der Waals surface area contributed by atoms with Crippen molar-refractivity contribution in [1.29, 1.82) is 0 Å². The zero-order valence-corrected chi connectivity index (χ0v) is 38.8. The van der Waals surface area contributed by atoms with E-state index in [1.165, 1.54) is 0 Å². The van der Waals surface area contributed by atoms with Crippen molar-refractivity contribution in [3.63, 3.8) is 0 Å². The summed E-state index contributed by atoms with van der Waals surface area (Å²) in [6.45, 7) is 0. The van der Waals surface area contributed by atoms with Gasteiger partial charge < -0.3 is 15.1 Å². The van der Waals surface area contributed by atoms with Crippen molar-refractivity contribution in [2.75, 3.05) is 0 Å². The number of H-pyrrole nitrogens is 2. The molecule has 0 saturated carbocycles. The van der Waals surface area contributed by atoms with Crippen LogP contribution in [0.4, 0.5) is 87.8 Å². The van der Waals surface area contributed by atoms with Crippen LogP contribution in [0, 0.1) is 116 Å². The van der Waals surface area contributed by atoms with Crippen LogP contribution in [0.25, 0.3) is 115 Å². The normalized spacial score (nSPS) is 12.5. The summed E-state index contributed by atoms with van der Waals surface area (Å²) >= 11 is 0. The Balaban J connectivity index is 1.35. The van der Waals surface area contributed by atoms with Crippen molar-refractivity contribution in [3.8, 4) is 50.3 Å². The largest absolute Gasteiger partial charge is 0.504 e. The maximum atomic E-state index is 15.9. The first-order valence-corrected chi connectivity index (χ1v) is 22.3. The average Bonchev–Trinajstić information content (AvgIpc) is 4.05. The minimum Gasteiger partial charge on any atom is -0.504 e. The number of aromatic nitrogens is 6. The predicted octanol–water partition coefficient (Wildman–Crippen LogP) is 15.8. The highest BCUT2D eigenvalue weighted by atomic mass is 19.2. The van der Waals surface area contributed by atoms with Crippen LogP contribution >= 0.6 is 0 Å². The number of aromatic hydroxyl groups is 1. The fourth-order valence-electron chi connectivity index (χ4n) is 9.02. The van der Waals surface area contributed by atoms with Gasteiger partial charge in [-0.05, 0) is 78.9 Å². The molecule has 4 aliphatic rings. The lowest BCUT2D eigenvalue weighted by Crippen LogP contribution is -2.05. The fraction of sp³-hybridized carbons (Fsp3) is 0. The summed E-state index contributed by atoms with van der Waals surface area (Å²) in [6, 6.07) is 4.00. The molecular weight excluding hydrogens is 1130 g/mol. The second kappa shape index (κ2) is 19.2. The van der Waals surface area contributed by atoms with E-state index in [-0.39, 0.29) is 11.4 Å². The molecule has 0 atom stereocenters. The summed E-state index contributed by atoms with van der Waals surface area (Å²) < 4.78 is 306. The Morgan fingerprint density at radius 2 is 0.432 bits per heavy atom. The van der Waals surface area contributed by atoms with Gasteiger partial charge in [-0.2, -0.15) is 0 Å². The quantitative estimate of drug-likeness (QED) is 0.0925. The van der Waals surface area contributed by atoms with Crippen LogP contribution in [0.5, 0.6) is 5.75 Å². The molecule has 11 rings (SSSR count). The third kappa shape index (κ3) is 8.14. The molecule has 0 unspecified atom stereocenters. The molecule has 3 N–H and O–H groups in total. The molecule has 0 radical (unpaired) electrons. The number of hydrogen-bond donors (Lipinski definition) is 3. The van der Waals surface area contributed by atoms with Gasteiger partial charge in [0.15, 0.2) is 98.8 Å². The van der Waals surface area contributed by atoms with E-state index in [1.54, 1.807) is 0 Å². The molecule has 27 heteroatoms. The Labute approximate surface area is 435 Å². The second-order valence-corrected chi connectivity index (χ2v) is 17.3.